The average molecular weight is 418 g/mol. The number of rotatable bonds is 6. The Bertz CT molecular complexity index is 884. The molecule has 0 aliphatic carbocycles. The average Bonchev–Trinajstić information content (AvgIpc) is 3.22. The highest BCUT2D eigenvalue weighted by Crippen LogP contribution is 2.35. The van der Waals surface area contributed by atoms with Crippen molar-refractivity contribution in [3.05, 3.63) is 11.4 Å². The standard InChI is InChI=1S/C21H33N6O3/c1-14(2)13-26-19(28)17-18(23(5)21(26)29)22-20-25(15(3)16(4)27(17)20)8-6-7-24-9-11-30-12-10-24/h14,17H,6-13H2,1-5H3/q+1. The Labute approximate surface area is 177 Å². The Balaban J connectivity index is 1.59. The maximum atomic E-state index is 13.3. The Morgan fingerprint density at radius 2 is 1.90 bits per heavy atom. The second-order valence-corrected chi connectivity index (χ2v) is 8.86. The fourth-order valence-electron chi connectivity index (χ4n) is 4.58. The highest BCUT2D eigenvalue weighted by molar-refractivity contribution is 6.20. The summed E-state index contributed by atoms with van der Waals surface area (Å²) in [5, 5.41) is 0. The van der Waals surface area contributed by atoms with E-state index in [1.54, 1.807) is 7.05 Å². The van der Waals surface area contributed by atoms with Crippen LogP contribution in [0.25, 0.3) is 0 Å². The molecule has 9 heteroatoms. The minimum atomic E-state index is -0.555. The number of carbonyl (C=O) groups is 2. The topological polar surface area (TPSA) is 74.3 Å². The summed E-state index contributed by atoms with van der Waals surface area (Å²) in [7, 11) is 1.71. The van der Waals surface area contributed by atoms with Crippen LogP contribution in [-0.2, 0) is 16.1 Å². The maximum Gasteiger partial charge on any atom is 0.402 e. The molecule has 0 bridgehead atoms. The van der Waals surface area contributed by atoms with E-state index < -0.39 is 6.04 Å². The number of aliphatic imine (C=N–C) groups is 1. The van der Waals surface area contributed by atoms with Crippen molar-refractivity contribution in [2.45, 2.75) is 46.7 Å². The summed E-state index contributed by atoms with van der Waals surface area (Å²) in [5.74, 6) is 1.34. The SMILES string of the molecule is Cc1c(C)[n+](CCCN2CCOCC2)c2n1C1C(=O)N(CC(C)C)C(=O)N(C)C1=N2. The van der Waals surface area contributed by atoms with E-state index in [1.807, 2.05) is 25.3 Å². The first-order valence-electron chi connectivity index (χ1n) is 10.9. The zero-order chi connectivity index (χ0) is 21.6. The first-order valence-corrected chi connectivity index (χ1v) is 10.9. The van der Waals surface area contributed by atoms with Gasteiger partial charge in [0.25, 0.3) is 5.91 Å². The molecule has 3 aliphatic rings. The van der Waals surface area contributed by atoms with E-state index in [0.29, 0.717) is 12.4 Å². The molecule has 4 rings (SSSR count). The monoisotopic (exact) mass is 417 g/mol. The second kappa shape index (κ2) is 8.11. The number of imidazole rings is 1. The van der Waals surface area contributed by atoms with Crippen LogP contribution in [0.15, 0.2) is 4.99 Å². The predicted molar refractivity (Wildman–Crippen MR) is 112 cm³/mol. The van der Waals surface area contributed by atoms with Crippen molar-refractivity contribution in [3.63, 3.8) is 0 Å². The number of hydrogen-bond acceptors (Lipinski definition) is 5. The van der Waals surface area contributed by atoms with Crippen LogP contribution >= 0.6 is 0 Å². The molecule has 1 aromatic heterocycles. The molecule has 0 saturated carbocycles. The molecule has 3 aliphatic heterocycles. The number of aromatic nitrogens is 2. The molecule has 0 N–H and O–H groups in total. The maximum absolute atomic E-state index is 13.3. The fraction of sp³-hybridized carbons (Fsp3) is 0.714. The molecule has 0 aromatic carbocycles. The summed E-state index contributed by atoms with van der Waals surface area (Å²) in [4.78, 5) is 36.2. The summed E-state index contributed by atoms with van der Waals surface area (Å²) >= 11 is 0. The van der Waals surface area contributed by atoms with Crippen LogP contribution in [0.2, 0.25) is 0 Å². The van der Waals surface area contributed by atoms with Crippen LogP contribution in [0.4, 0.5) is 10.7 Å². The molecule has 1 aromatic rings. The zero-order valence-corrected chi connectivity index (χ0v) is 18.7. The van der Waals surface area contributed by atoms with Gasteiger partial charge >= 0.3 is 12.0 Å². The first-order chi connectivity index (χ1) is 14.3. The zero-order valence-electron chi connectivity index (χ0n) is 18.7. The number of nitrogens with zero attached hydrogens (tertiary/aromatic N) is 6. The minimum Gasteiger partial charge on any atom is -0.379 e. The number of imide groups is 1. The van der Waals surface area contributed by atoms with Gasteiger partial charge in [0.05, 0.1) is 19.8 Å². The molecule has 1 unspecified atom stereocenters. The van der Waals surface area contributed by atoms with Crippen molar-refractivity contribution in [1.29, 1.82) is 0 Å². The minimum absolute atomic E-state index is 0.178. The number of amides is 3. The van der Waals surface area contributed by atoms with Gasteiger partial charge in [0.1, 0.15) is 11.4 Å². The molecule has 3 amide bonds. The lowest BCUT2D eigenvalue weighted by Gasteiger charge is -2.34. The van der Waals surface area contributed by atoms with E-state index in [0.717, 1.165) is 63.1 Å². The summed E-state index contributed by atoms with van der Waals surface area (Å²) in [6.45, 7) is 14.0. The third-order valence-corrected chi connectivity index (χ3v) is 6.33. The van der Waals surface area contributed by atoms with Gasteiger partial charge in [-0.2, -0.15) is 0 Å². The van der Waals surface area contributed by atoms with Crippen molar-refractivity contribution in [1.82, 2.24) is 19.3 Å². The van der Waals surface area contributed by atoms with Crippen LogP contribution in [-0.4, -0.2) is 83.5 Å². The number of carbonyl (C=O) groups excluding carboxylic acids is 2. The van der Waals surface area contributed by atoms with Crippen LogP contribution < -0.4 is 4.57 Å². The Kier molecular flexibility index (Phi) is 5.67. The van der Waals surface area contributed by atoms with Gasteiger partial charge in [0, 0.05) is 33.2 Å². The lowest BCUT2D eigenvalue weighted by atomic mass is 10.1. The molecule has 0 radical (unpaired) electrons. The largest absolute Gasteiger partial charge is 0.402 e. The van der Waals surface area contributed by atoms with Crippen LogP contribution in [0.3, 0.4) is 0 Å². The summed E-state index contributed by atoms with van der Waals surface area (Å²) in [5.41, 5.74) is 2.15. The molecular formula is C21H33N6O3+. The normalized spacial score (nSPS) is 22.1. The summed E-state index contributed by atoms with van der Waals surface area (Å²) < 4.78 is 9.63. The highest BCUT2D eigenvalue weighted by atomic mass is 16.5. The highest BCUT2D eigenvalue weighted by Gasteiger charge is 2.54. The van der Waals surface area contributed by atoms with Crippen LogP contribution in [0.5, 0.6) is 0 Å². The van der Waals surface area contributed by atoms with E-state index in [2.05, 4.69) is 16.4 Å². The Morgan fingerprint density at radius 1 is 1.20 bits per heavy atom. The molecule has 164 valence electrons. The summed E-state index contributed by atoms with van der Waals surface area (Å²) in [6.07, 6.45) is 1.000. The number of urea groups is 1. The van der Waals surface area contributed by atoms with E-state index >= 15 is 0 Å². The number of likely N-dealkylation sites (N-methyl/N-ethyl adjacent to an activating group) is 1. The van der Waals surface area contributed by atoms with E-state index in [9.17, 15) is 9.59 Å². The van der Waals surface area contributed by atoms with Gasteiger partial charge in [0.2, 0.25) is 11.9 Å². The number of amidine groups is 1. The third-order valence-electron chi connectivity index (χ3n) is 6.33. The molecule has 4 heterocycles. The molecule has 2 saturated heterocycles. The van der Waals surface area contributed by atoms with Gasteiger partial charge in [-0.3, -0.25) is 19.5 Å². The van der Waals surface area contributed by atoms with E-state index in [1.165, 1.54) is 9.80 Å². The molecule has 2 fully saturated rings. The number of ether oxygens (including phenoxy) is 1. The van der Waals surface area contributed by atoms with Gasteiger partial charge in [-0.15, -0.1) is 0 Å². The van der Waals surface area contributed by atoms with Gasteiger partial charge in [-0.05, 0) is 26.2 Å². The fourth-order valence-corrected chi connectivity index (χ4v) is 4.58. The third kappa shape index (κ3) is 3.43. The molecule has 0 spiro atoms. The number of hydrogen-bond donors (Lipinski definition) is 0. The van der Waals surface area contributed by atoms with Crippen molar-refractivity contribution in [2.75, 3.05) is 46.4 Å². The van der Waals surface area contributed by atoms with Gasteiger partial charge < -0.3 is 4.74 Å². The van der Waals surface area contributed by atoms with Crippen LogP contribution in [0, 0.1) is 19.8 Å². The lowest BCUT2D eigenvalue weighted by Crippen LogP contribution is -2.58. The molecule has 30 heavy (non-hydrogen) atoms. The van der Waals surface area contributed by atoms with Crippen molar-refractivity contribution in [2.24, 2.45) is 10.9 Å². The van der Waals surface area contributed by atoms with Gasteiger partial charge in [0.15, 0.2) is 0 Å². The van der Waals surface area contributed by atoms with Gasteiger partial charge in [-0.25, -0.2) is 13.9 Å². The molecule has 9 nitrogen and oxygen atoms in total. The quantitative estimate of drug-likeness (QED) is 0.653. The van der Waals surface area contributed by atoms with Gasteiger partial charge in [-0.1, -0.05) is 18.8 Å². The van der Waals surface area contributed by atoms with Crippen LogP contribution in [0.1, 0.15) is 37.7 Å². The predicted octanol–water partition coefficient (Wildman–Crippen LogP) is 1.25. The van der Waals surface area contributed by atoms with E-state index in [-0.39, 0.29) is 17.9 Å². The van der Waals surface area contributed by atoms with Crippen molar-refractivity contribution in [3.8, 4) is 0 Å². The smallest absolute Gasteiger partial charge is 0.379 e. The van der Waals surface area contributed by atoms with E-state index in [4.69, 9.17) is 9.73 Å². The summed E-state index contributed by atoms with van der Waals surface area (Å²) in [6, 6.07) is -0.844. The Hall–Kier alpha value is -2.26. The second-order valence-electron chi connectivity index (χ2n) is 8.86. The first kappa shape index (κ1) is 21.0. The lowest BCUT2D eigenvalue weighted by molar-refractivity contribution is -0.689. The molecular weight excluding hydrogens is 384 g/mol. The number of fused-ring (bicyclic) bond motifs is 3. The van der Waals surface area contributed by atoms with Crippen molar-refractivity contribution >= 4 is 23.7 Å². The Morgan fingerprint density at radius 3 is 2.57 bits per heavy atom. The molecule has 1 atom stereocenters. The number of morpholine rings is 1. The van der Waals surface area contributed by atoms with Crippen molar-refractivity contribution < 1.29 is 18.9 Å².